The van der Waals surface area contributed by atoms with Gasteiger partial charge in [-0.3, -0.25) is 4.57 Å². The first-order chi connectivity index (χ1) is 13.4. The summed E-state index contributed by atoms with van der Waals surface area (Å²) in [4.78, 5) is 12.1. The molecule has 0 radical (unpaired) electrons. The molecule has 2 aromatic heterocycles. The van der Waals surface area contributed by atoms with Gasteiger partial charge in [-0.1, -0.05) is 26.9 Å². The summed E-state index contributed by atoms with van der Waals surface area (Å²) in [6.07, 6.45) is -0.794. The van der Waals surface area contributed by atoms with Crippen molar-refractivity contribution in [1.29, 1.82) is 0 Å². The number of anilines is 1. The average Bonchev–Trinajstić information content (AvgIpc) is 3.13. The fourth-order valence-electron chi connectivity index (χ4n) is 3.52. The first-order valence-corrected chi connectivity index (χ1v) is 12.6. The maximum absolute atomic E-state index is 15.6. The molecule has 0 bridgehead atoms. The third kappa shape index (κ3) is 3.24. The minimum Gasteiger partial charge on any atom is -0.384 e. The van der Waals surface area contributed by atoms with E-state index in [1.54, 1.807) is 13.1 Å². The number of halogens is 2. The molecule has 0 spiro atoms. The summed E-state index contributed by atoms with van der Waals surface area (Å²) < 4.78 is 44.3. The van der Waals surface area contributed by atoms with Crippen molar-refractivity contribution in [2.24, 2.45) is 5.92 Å². The first kappa shape index (κ1) is 22.0. The van der Waals surface area contributed by atoms with Gasteiger partial charge in [0, 0.05) is 0 Å². The average molecular weight is 430 g/mol. The number of ether oxygens (including phenoxy) is 2. The van der Waals surface area contributed by atoms with Crippen molar-refractivity contribution in [3.63, 3.8) is 0 Å². The molecule has 3 N–H and O–H groups in total. The molecule has 3 heterocycles. The highest BCUT2D eigenvalue weighted by molar-refractivity contribution is 6.58. The Bertz CT molecular complexity index is 892. The number of aliphatic hydroxyl groups excluding tert-OH is 1. The van der Waals surface area contributed by atoms with Crippen molar-refractivity contribution in [3.8, 4) is 0 Å². The summed E-state index contributed by atoms with van der Waals surface area (Å²) in [7, 11) is -2.33. The highest BCUT2D eigenvalue weighted by Crippen LogP contribution is 2.50. The summed E-state index contributed by atoms with van der Waals surface area (Å²) in [5.41, 5.74) is 5.63. The van der Waals surface area contributed by atoms with Crippen LogP contribution in [0.25, 0.3) is 11.2 Å². The van der Waals surface area contributed by atoms with Crippen molar-refractivity contribution in [3.05, 3.63) is 12.7 Å². The molecule has 1 aliphatic heterocycles. The van der Waals surface area contributed by atoms with E-state index in [0.717, 1.165) is 0 Å². The molecule has 1 aliphatic rings. The van der Waals surface area contributed by atoms with E-state index >= 15 is 8.78 Å². The maximum atomic E-state index is 15.6. The van der Waals surface area contributed by atoms with Gasteiger partial charge in [0.1, 0.15) is 26.7 Å². The molecule has 29 heavy (non-hydrogen) atoms. The van der Waals surface area contributed by atoms with Crippen LogP contribution in [0.1, 0.15) is 27.7 Å². The number of hydrogen-bond acceptors (Lipinski definition) is 7. The molecule has 162 valence electrons. The normalized spacial score (nSPS) is 27.4. The van der Waals surface area contributed by atoms with E-state index < -0.39 is 37.9 Å². The van der Waals surface area contributed by atoms with Crippen LogP contribution < -0.4 is 5.73 Å². The van der Waals surface area contributed by atoms with Gasteiger partial charge >= 0.3 is 5.92 Å². The van der Waals surface area contributed by atoms with Crippen LogP contribution >= 0.6 is 0 Å². The number of nitrogens with two attached hydrogens (primary N) is 1. The first-order valence-electron chi connectivity index (χ1n) is 9.68. The van der Waals surface area contributed by atoms with E-state index in [-0.39, 0.29) is 29.5 Å². The van der Waals surface area contributed by atoms with E-state index in [9.17, 15) is 5.11 Å². The molecule has 0 aliphatic carbocycles. The molecule has 2 aromatic rings. The van der Waals surface area contributed by atoms with Crippen LogP contribution in [0, 0.1) is 5.92 Å². The van der Waals surface area contributed by atoms with Gasteiger partial charge in [0.25, 0.3) is 0 Å². The molecule has 8 nitrogen and oxygen atoms in total. The van der Waals surface area contributed by atoms with Gasteiger partial charge in [-0.2, -0.15) is 8.78 Å². The van der Waals surface area contributed by atoms with Gasteiger partial charge in [-0.05, 0) is 19.8 Å². The molecular weight excluding hydrogens is 400 g/mol. The van der Waals surface area contributed by atoms with E-state index in [2.05, 4.69) is 15.0 Å². The molecule has 1 fully saturated rings. The summed E-state index contributed by atoms with van der Waals surface area (Å²) in [6.45, 7) is 11.0. The third-order valence-electron chi connectivity index (χ3n) is 6.04. The zero-order valence-electron chi connectivity index (χ0n) is 17.6. The van der Waals surface area contributed by atoms with E-state index in [1.807, 2.05) is 27.7 Å². The second kappa shape index (κ2) is 7.22. The molecule has 3 rings (SSSR count). The lowest BCUT2D eigenvalue weighted by atomic mass is 9.94. The third-order valence-corrected chi connectivity index (χ3v) is 8.41. The van der Waals surface area contributed by atoms with Crippen molar-refractivity contribution in [2.75, 3.05) is 12.3 Å². The summed E-state index contributed by atoms with van der Waals surface area (Å²) in [5.74, 6) is -3.32. The summed E-state index contributed by atoms with van der Waals surface area (Å²) >= 11 is 0. The van der Waals surface area contributed by atoms with Crippen LogP contribution in [0.15, 0.2) is 12.7 Å². The van der Waals surface area contributed by atoms with Crippen LogP contribution in [-0.2, 0) is 14.8 Å². The fourth-order valence-corrected chi connectivity index (χ4v) is 5.65. The SMILES string of the molecule is CC(C)C(C)(C)OC[C@H]1O[C@@](n2cnc3c(N)ncnc32)([SiH](C)C)C(F)(F)[C@@H]1O. The number of imidazole rings is 1. The molecule has 0 saturated carbocycles. The van der Waals surface area contributed by atoms with Crippen LogP contribution in [-0.4, -0.2) is 63.8 Å². The zero-order valence-corrected chi connectivity index (χ0v) is 18.7. The molecule has 0 amide bonds. The largest absolute Gasteiger partial charge is 0.384 e. The number of fused-ring (bicyclic) bond motifs is 1. The van der Waals surface area contributed by atoms with E-state index in [4.69, 9.17) is 15.2 Å². The smallest absolute Gasteiger partial charge is 0.318 e. The van der Waals surface area contributed by atoms with Crippen molar-refractivity contribution in [1.82, 2.24) is 19.5 Å². The number of nitrogen functional groups attached to an aromatic ring is 1. The predicted molar refractivity (Wildman–Crippen MR) is 107 cm³/mol. The van der Waals surface area contributed by atoms with Gasteiger partial charge in [0.2, 0.25) is 0 Å². The quantitative estimate of drug-likeness (QED) is 0.676. The molecule has 11 heteroatoms. The standard InChI is InChI=1S/C18H29F2N5O3Si/c1-10(2)16(3,4)27-7-11-13(26)17(19,20)18(28-11,29(5)6)25-9-24-12-14(21)22-8-23-15(12)25/h8-11,13,26,29H,7H2,1-6H3,(H2,21,22,23)/t11-,13-,18-/m1/s1. The van der Waals surface area contributed by atoms with Gasteiger partial charge in [-0.15, -0.1) is 0 Å². The highest BCUT2D eigenvalue weighted by atomic mass is 28.3. The lowest BCUT2D eigenvalue weighted by Crippen LogP contribution is -2.58. The van der Waals surface area contributed by atoms with Crippen molar-refractivity contribution >= 4 is 25.8 Å². The van der Waals surface area contributed by atoms with E-state index in [0.29, 0.717) is 0 Å². The van der Waals surface area contributed by atoms with Crippen LogP contribution in [0.2, 0.25) is 13.1 Å². The van der Waals surface area contributed by atoms with Crippen LogP contribution in [0.4, 0.5) is 14.6 Å². The molecule has 1 saturated heterocycles. The predicted octanol–water partition coefficient (Wildman–Crippen LogP) is 1.93. The lowest BCUT2D eigenvalue weighted by Gasteiger charge is -2.38. The van der Waals surface area contributed by atoms with Crippen molar-refractivity contribution < 1.29 is 23.4 Å². The molecule has 3 atom stereocenters. The molecule has 0 unspecified atom stereocenters. The second-order valence-electron chi connectivity index (χ2n) is 8.69. The monoisotopic (exact) mass is 429 g/mol. The van der Waals surface area contributed by atoms with Crippen LogP contribution in [0.3, 0.4) is 0 Å². The Hall–Kier alpha value is -1.69. The van der Waals surface area contributed by atoms with Gasteiger partial charge < -0.3 is 20.3 Å². The number of aromatic nitrogens is 4. The van der Waals surface area contributed by atoms with Crippen LogP contribution in [0.5, 0.6) is 0 Å². The Morgan fingerprint density at radius 1 is 1.34 bits per heavy atom. The van der Waals surface area contributed by atoms with Gasteiger partial charge in [0.15, 0.2) is 22.9 Å². The number of rotatable bonds is 6. The molecule has 0 aromatic carbocycles. The zero-order chi connectivity index (χ0) is 21.8. The molecular formula is C18H29F2N5O3Si. The Kier molecular flexibility index (Phi) is 5.48. The summed E-state index contributed by atoms with van der Waals surface area (Å²) in [6, 6.07) is 0. The second-order valence-corrected chi connectivity index (χ2v) is 11.8. The van der Waals surface area contributed by atoms with E-state index in [1.165, 1.54) is 17.2 Å². The number of alkyl halides is 2. The minimum absolute atomic E-state index is 0.0924. The van der Waals surface area contributed by atoms with Gasteiger partial charge in [0.05, 0.1) is 18.5 Å². The number of aliphatic hydroxyl groups is 1. The lowest BCUT2D eigenvalue weighted by molar-refractivity contribution is -0.173. The van der Waals surface area contributed by atoms with Crippen molar-refractivity contribution in [2.45, 2.75) is 69.9 Å². The van der Waals surface area contributed by atoms with Gasteiger partial charge in [-0.25, -0.2) is 15.0 Å². The Morgan fingerprint density at radius 2 is 2.00 bits per heavy atom. The Morgan fingerprint density at radius 3 is 2.59 bits per heavy atom. The summed E-state index contributed by atoms with van der Waals surface area (Å²) in [5, 5.41) is 8.47. The Labute approximate surface area is 170 Å². The maximum Gasteiger partial charge on any atom is 0.318 e. The highest BCUT2D eigenvalue weighted by Gasteiger charge is 2.71. The topological polar surface area (TPSA) is 108 Å². The number of hydrogen-bond donors (Lipinski definition) is 2. The Balaban J connectivity index is 2.05. The number of nitrogens with zero attached hydrogens (tertiary/aromatic N) is 4. The fraction of sp³-hybridized carbons (Fsp3) is 0.722. The minimum atomic E-state index is -3.57.